The van der Waals surface area contributed by atoms with E-state index in [0.29, 0.717) is 28.6 Å². The largest absolute Gasteiger partial charge is 0.462 e. The number of urea groups is 1. The molecule has 0 aliphatic rings. The van der Waals surface area contributed by atoms with Gasteiger partial charge in [-0.05, 0) is 55.0 Å². The Labute approximate surface area is 146 Å². The molecule has 24 heavy (non-hydrogen) atoms. The van der Waals surface area contributed by atoms with Crippen molar-refractivity contribution >= 4 is 35.0 Å². The molecule has 0 aliphatic carbocycles. The second kappa shape index (κ2) is 8.93. The van der Waals surface area contributed by atoms with Gasteiger partial charge in [-0.25, -0.2) is 9.59 Å². The van der Waals surface area contributed by atoms with Crippen LogP contribution in [0.1, 0.15) is 30.1 Å². The maximum atomic E-state index is 11.9. The minimum Gasteiger partial charge on any atom is -0.462 e. The van der Waals surface area contributed by atoms with Crippen LogP contribution in [0.3, 0.4) is 0 Å². The van der Waals surface area contributed by atoms with Crippen LogP contribution in [0.25, 0.3) is 0 Å². The van der Waals surface area contributed by atoms with Crippen molar-refractivity contribution in [2.45, 2.75) is 19.8 Å². The number of anilines is 2. The van der Waals surface area contributed by atoms with E-state index in [1.54, 1.807) is 48.5 Å². The van der Waals surface area contributed by atoms with Crippen LogP contribution in [0, 0.1) is 0 Å². The van der Waals surface area contributed by atoms with Crippen molar-refractivity contribution in [2.75, 3.05) is 17.2 Å². The van der Waals surface area contributed by atoms with Gasteiger partial charge in [0.2, 0.25) is 0 Å². The zero-order chi connectivity index (χ0) is 17.4. The van der Waals surface area contributed by atoms with Gasteiger partial charge < -0.3 is 15.4 Å². The standard InChI is InChI=1S/C18H19ClN2O3/c1-2-3-12-24-17(22)13-4-8-15(9-5-13)20-18(23)21-16-10-6-14(19)7-11-16/h4-11H,2-3,12H2,1H3,(H2,20,21,23). The van der Waals surface area contributed by atoms with E-state index >= 15 is 0 Å². The van der Waals surface area contributed by atoms with Gasteiger partial charge in [-0.1, -0.05) is 24.9 Å². The first-order chi connectivity index (χ1) is 11.6. The molecule has 0 bridgehead atoms. The highest BCUT2D eigenvalue weighted by Gasteiger charge is 2.08. The fourth-order valence-electron chi connectivity index (χ4n) is 1.91. The van der Waals surface area contributed by atoms with E-state index in [2.05, 4.69) is 10.6 Å². The highest BCUT2D eigenvalue weighted by molar-refractivity contribution is 6.30. The molecule has 0 fully saturated rings. The first-order valence-electron chi connectivity index (χ1n) is 7.69. The zero-order valence-electron chi connectivity index (χ0n) is 13.3. The van der Waals surface area contributed by atoms with Crippen LogP contribution < -0.4 is 10.6 Å². The molecule has 0 atom stereocenters. The van der Waals surface area contributed by atoms with Crippen LogP contribution >= 0.6 is 11.6 Å². The molecule has 0 radical (unpaired) electrons. The number of esters is 1. The lowest BCUT2D eigenvalue weighted by atomic mass is 10.2. The number of halogens is 1. The summed E-state index contributed by atoms with van der Waals surface area (Å²) in [7, 11) is 0. The summed E-state index contributed by atoms with van der Waals surface area (Å²) in [5.41, 5.74) is 1.66. The Morgan fingerprint density at radius 2 is 1.50 bits per heavy atom. The molecule has 0 aliphatic heterocycles. The van der Waals surface area contributed by atoms with Crippen molar-refractivity contribution < 1.29 is 14.3 Å². The average Bonchev–Trinajstić information content (AvgIpc) is 2.58. The number of hydrogen-bond acceptors (Lipinski definition) is 3. The van der Waals surface area contributed by atoms with E-state index in [0.717, 1.165) is 12.8 Å². The van der Waals surface area contributed by atoms with E-state index in [1.807, 2.05) is 6.92 Å². The van der Waals surface area contributed by atoms with Crippen molar-refractivity contribution in [1.29, 1.82) is 0 Å². The van der Waals surface area contributed by atoms with Crippen molar-refractivity contribution in [2.24, 2.45) is 0 Å². The second-order valence-corrected chi connectivity index (χ2v) is 5.59. The number of nitrogens with one attached hydrogen (secondary N) is 2. The number of carbonyl (C=O) groups is 2. The highest BCUT2D eigenvalue weighted by Crippen LogP contribution is 2.15. The SMILES string of the molecule is CCCCOC(=O)c1ccc(NC(=O)Nc2ccc(Cl)cc2)cc1. The molecule has 0 saturated carbocycles. The first kappa shape index (κ1) is 17.8. The maximum Gasteiger partial charge on any atom is 0.338 e. The summed E-state index contributed by atoms with van der Waals surface area (Å²) in [6.07, 6.45) is 1.81. The molecule has 0 saturated heterocycles. The fourth-order valence-corrected chi connectivity index (χ4v) is 2.03. The number of amides is 2. The summed E-state index contributed by atoms with van der Waals surface area (Å²) in [6, 6.07) is 12.9. The van der Waals surface area contributed by atoms with Gasteiger partial charge in [0.25, 0.3) is 0 Å². The summed E-state index contributed by atoms with van der Waals surface area (Å²) in [5.74, 6) is -0.361. The van der Waals surface area contributed by atoms with E-state index < -0.39 is 0 Å². The molecule has 6 heteroatoms. The lowest BCUT2D eigenvalue weighted by molar-refractivity contribution is 0.0500. The van der Waals surface area contributed by atoms with Gasteiger partial charge in [0.15, 0.2) is 0 Å². The monoisotopic (exact) mass is 346 g/mol. The van der Waals surface area contributed by atoms with Crippen LogP contribution in [0.4, 0.5) is 16.2 Å². The molecule has 0 unspecified atom stereocenters. The van der Waals surface area contributed by atoms with Gasteiger partial charge in [0, 0.05) is 16.4 Å². The summed E-state index contributed by atoms with van der Waals surface area (Å²) in [5, 5.41) is 5.98. The van der Waals surface area contributed by atoms with Crippen LogP contribution in [0.5, 0.6) is 0 Å². The minimum absolute atomic E-state index is 0.361. The van der Waals surface area contributed by atoms with Crippen molar-refractivity contribution in [3.63, 3.8) is 0 Å². The predicted molar refractivity (Wildman–Crippen MR) is 95.7 cm³/mol. The summed E-state index contributed by atoms with van der Waals surface area (Å²) in [4.78, 5) is 23.7. The van der Waals surface area contributed by atoms with Crippen LogP contribution in [-0.4, -0.2) is 18.6 Å². The molecule has 2 rings (SSSR count). The molecule has 2 N–H and O–H groups in total. The Hall–Kier alpha value is -2.53. The number of ether oxygens (including phenoxy) is 1. The van der Waals surface area contributed by atoms with Crippen molar-refractivity contribution in [3.8, 4) is 0 Å². The number of rotatable bonds is 6. The Balaban J connectivity index is 1.87. The Morgan fingerprint density at radius 1 is 0.958 bits per heavy atom. The van der Waals surface area contributed by atoms with E-state index in [1.165, 1.54) is 0 Å². The van der Waals surface area contributed by atoms with Gasteiger partial charge in [-0.2, -0.15) is 0 Å². The number of hydrogen-bond donors (Lipinski definition) is 2. The second-order valence-electron chi connectivity index (χ2n) is 5.15. The topological polar surface area (TPSA) is 67.4 Å². The van der Waals surface area contributed by atoms with E-state index in [4.69, 9.17) is 16.3 Å². The molecular weight excluding hydrogens is 328 g/mol. The molecule has 2 aromatic rings. The van der Waals surface area contributed by atoms with Gasteiger partial charge in [0.1, 0.15) is 0 Å². The molecule has 0 spiro atoms. The normalized spacial score (nSPS) is 10.1. The van der Waals surface area contributed by atoms with Gasteiger partial charge in [-0.15, -0.1) is 0 Å². The average molecular weight is 347 g/mol. The third-order valence-corrected chi connectivity index (χ3v) is 3.46. The summed E-state index contributed by atoms with van der Waals surface area (Å²) < 4.78 is 5.13. The molecule has 2 amide bonds. The third-order valence-electron chi connectivity index (χ3n) is 3.21. The van der Waals surface area contributed by atoms with Crippen LogP contribution in [-0.2, 0) is 4.74 Å². The van der Waals surface area contributed by atoms with Gasteiger partial charge in [0.05, 0.1) is 12.2 Å². The Bertz CT molecular complexity index is 684. The number of benzene rings is 2. The van der Waals surface area contributed by atoms with E-state index in [9.17, 15) is 9.59 Å². The first-order valence-corrected chi connectivity index (χ1v) is 8.07. The smallest absolute Gasteiger partial charge is 0.338 e. The quantitative estimate of drug-likeness (QED) is 0.575. The predicted octanol–water partition coefficient (Wildman–Crippen LogP) is 4.94. The number of unbranched alkanes of at least 4 members (excludes halogenated alkanes) is 1. The van der Waals surface area contributed by atoms with Crippen LogP contribution in [0.15, 0.2) is 48.5 Å². The molecule has 0 heterocycles. The Morgan fingerprint density at radius 3 is 2.04 bits per heavy atom. The summed E-state index contributed by atoms with van der Waals surface area (Å²) in [6.45, 7) is 2.45. The fraction of sp³-hybridized carbons (Fsp3) is 0.222. The van der Waals surface area contributed by atoms with Crippen molar-refractivity contribution in [3.05, 3.63) is 59.1 Å². The maximum absolute atomic E-state index is 11.9. The van der Waals surface area contributed by atoms with Gasteiger partial charge >= 0.3 is 12.0 Å². The van der Waals surface area contributed by atoms with E-state index in [-0.39, 0.29) is 12.0 Å². The third kappa shape index (κ3) is 5.59. The molecule has 5 nitrogen and oxygen atoms in total. The molecule has 2 aromatic carbocycles. The van der Waals surface area contributed by atoms with Crippen LogP contribution in [0.2, 0.25) is 5.02 Å². The highest BCUT2D eigenvalue weighted by atomic mass is 35.5. The molecule has 0 aromatic heterocycles. The molecule has 126 valence electrons. The zero-order valence-corrected chi connectivity index (χ0v) is 14.1. The minimum atomic E-state index is -0.379. The molecular formula is C18H19ClN2O3. The Kier molecular flexibility index (Phi) is 6.63. The van der Waals surface area contributed by atoms with Gasteiger partial charge in [-0.3, -0.25) is 0 Å². The number of carbonyl (C=O) groups excluding carboxylic acids is 2. The lowest BCUT2D eigenvalue weighted by Gasteiger charge is -2.08. The lowest BCUT2D eigenvalue weighted by Crippen LogP contribution is -2.19. The van der Waals surface area contributed by atoms with Crippen molar-refractivity contribution in [1.82, 2.24) is 0 Å². The summed E-state index contributed by atoms with van der Waals surface area (Å²) >= 11 is 5.79.